The van der Waals surface area contributed by atoms with Crippen LogP contribution in [0.5, 0.6) is 0 Å². The largest absolute Gasteiger partial charge is 0.339 e. The van der Waals surface area contributed by atoms with Crippen LogP contribution in [0.3, 0.4) is 0 Å². The minimum absolute atomic E-state index is 0.486. The maximum absolute atomic E-state index is 7.29. The lowest BCUT2D eigenvalue weighted by Crippen LogP contribution is -2.04. The van der Waals surface area contributed by atoms with E-state index in [9.17, 15) is 0 Å². The van der Waals surface area contributed by atoms with Crippen molar-refractivity contribution in [1.82, 2.24) is 9.97 Å². The van der Waals surface area contributed by atoms with Crippen LogP contribution < -0.4 is 5.32 Å². The number of hydrogen-bond donors (Lipinski definition) is 2. The van der Waals surface area contributed by atoms with E-state index < -0.39 is 0 Å². The summed E-state index contributed by atoms with van der Waals surface area (Å²) in [6.07, 6.45) is 1.17. The summed E-state index contributed by atoms with van der Waals surface area (Å²) >= 11 is 0. The molecule has 22 heavy (non-hydrogen) atoms. The predicted molar refractivity (Wildman–Crippen MR) is 91.3 cm³/mol. The molecule has 0 fully saturated rings. The number of allylic oxidation sites excluding steroid dienone is 1. The van der Waals surface area contributed by atoms with Crippen molar-refractivity contribution in [1.29, 1.82) is 5.41 Å². The Morgan fingerprint density at radius 1 is 1.09 bits per heavy atom. The van der Waals surface area contributed by atoms with Gasteiger partial charge in [0.2, 0.25) is 0 Å². The lowest BCUT2D eigenvalue weighted by molar-refractivity contribution is 1.21. The molecule has 0 saturated carbocycles. The number of anilines is 1. The molecule has 0 aliphatic heterocycles. The van der Waals surface area contributed by atoms with Gasteiger partial charge in [-0.05, 0) is 24.6 Å². The Balaban J connectivity index is 2.22. The Labute approximate surface area is 129 Å². The maximum atomic E-state index is 7.29. The topological polar surface area (TPSA) is 61.7 Å². The third kappa shape index (κ3) is 2.59. The zero-order valence-corrected chi connectivity index (χ0v) is 12.3. The summed E-state index contributed by atoms with van der Waals surface area (Å²) in [5.74, 6) is 1.33. The third-order valence-corrected chi connectivity index (χ3v) is 3.44. The normalized spacial score (nSPS) is 10.4. The SMILES string of the molecule is C=C(C=N)Nc1nc(-c2ccccc2C)nc2ccccc12. The minimum Gasteiger partial charge on any atom is -0.339 e. The first-order valence-corrected chi connectivity index (χ1v) is 6.98. The lowest BCUT2D eigenvalue weighted by Gasteiger charge is -2.11. The van der Waals surface area contributed by atoms with Gasteiger partial charge in [0.15, 0.2) is 5.82 Å². The van der Waals surface area contributed by atoms with Crippen LogP contribution >= 0.6 is 0 Å². The summed E-state index contributed by atoms with van der Waals surface area (Å²) in [6, 6.07) is 15.8. The molecule has 0 aliphatic carbocycles. The average Bonchev–Trinajstić information content (AvgIpc) is 2.55. The highest BCUT2D eigenvalue weighted by molar-refractivity contribution is 5.93. The second kappa shape index (κ2) is 5.77. The Kier molecular flexibility index (Phi) is 3.66. The fraction of sp³-hybridized carbons (Fsp3) is 0.0556. The first-order chi connectivity index (χ1) is 10.7. The molecular weight excluding hydrogens is 272 g/mol. The molecule has 1 aromatic heterocycles. The average molecular weight is 288 g/mol. The molecule has 0 aliphatic rings. The number of nitrogens with zero attached hydrogens (tertiary/aromatic N) is 2. The van der Waals surface area contributed by atoms with Crippen molar-refractivity contribution in [2.45, 2.75) is 6.92 Å². The van der Waals surface area contributed by atoms with Crippen molar-refractivity contribution in [2.24, 2.45) is 0 Å². The van der Waals surface area contributed by atoms with Crippen LogP contribution in [0, 0.1) is 12.3 Å². The molecule has 0 amide bonds. The van der Waals surface area contributed by atoms with Crippen LogP contribution in [0.25, 0.3) is 22.3 Å². The highest BCUT2D eigenvalue weighted by atomic mass is 15.0. The van der Waals surface area contributed by atoms with Crippen LogP contribution in [-0.2, 0) is 0 Å². The standard InChI is InChI=1S/C18H16N4/c1-12-7-3-4-8-14(12)17-21-16-10-6-5-9-15(16)18(22-17)20-13(2)11-19/h3-11,19H,2H2,1H3,(H,20,21,22). The molecule has 3 aromatic rings. The number of para-hydroxylation sites is 1. The minimum atomic E-state index is 0.486. The van der Waals surface area contributed by atoms with E-state index in [2.05, 4.69) is 21.9 Å². The van der Waals surface area contributed by atoms with Gasteiger partial charge in [-0.1, -0.05) is 43.0 Å². The third-order valence-electron chi connectivity index (χ3n) is 3.44. The van der Waals surface area contributed by atoms with Crippen molar-refractivity contribution >= 4 is 22.9 Å². The van der Waals surface area contributed by atoms with Crippen molar-refractivity contribution in [2.75, 3.05) is 5.32 Å². The second-order valence-electron chi connectivity index (χ2n) is 5.02. The Bertz CT molecular complexity index is 868. The molecule has 0 unspecified atom stereocenters. The van der Waals surface area contributed by atoms with Crippen LogP contribution in [-0.4, -0.2) is 16.2 Å². The van der Waals surface area contributed by atoms with E-state index in [0.717, 1.165) is 22.0 Å². The van der Waals surface area contributed by atoms with E-state index in [1.54, 1.807) is 0 Å². The van der Waals surface area contributed by atoms with Crippen LogP contribution in [0.2, 0.25) is 0 Å². The van der Waals surface area contributed by atoms with Gasteiger partial charge in [-0.25, -0.2) is 9.97 Å². The molecule has 2 N–H and O–H groups in total. The summed E-state index contributed by atoms with van der Waals surface area (Å²) in [6.45, 7) is 5.82. The van der Waals surface area contributed by atoms with Gasteiger partial charge in [-0.15, -0.1) is 0 Å². The van der Waals surface area contributed by atoms with Crippen molar-refractivity contribution in [3.8, 4) is 11.4 Å². The number of fused-ring (bicyclic) bond motifs is 1. The molecule has 0 spiro atoms. The second-order valence-corrected chi connectivity index (χ2v) is 5.02. The van der Waals surface area contributed by atoms with Gasteiger partial charge in [0.1, 0.15) is 5.82 Å². The van der Waals surface area contributed by atoms with E-state index in [4.69, 9.17) is 5.41 Å². The van der Waals surface area contributed by atoms with Gasteiger partial charge in [0.25, 0.3) is 0 Å². The number of benzene rings is 2. The fourth-order valence-corrected chi connectivity index (χ4v) is 2.30. The molecule has 0 atom stereocenters. The van der Waals surface area contributed by atoms with E-state index in [0.29, 0.717) is 17.3 Å². The lowest BCUT2D eigenvalue weighted by atomic mass is 10.1. The number of nitrogens with one attached hydrogen (secondary N) is 2. The van der Waals surface area contributed by atoms with Crippen LogP contribution in [0.15, 0.2) is 60.8 Å². The van der Waals surface area contributed by atoms with Gasteiger partial charge < -0.3 is 10.7 Å². The Hall–Kier alpha value is -3.01. The molecule has 108 valence electrons. The Morgan fingerprint density at radius 2 is 1.82 bits per heavy atom. The molecule has 0 bridgehead atoms. The van der Waals surface area contributed by atoms with Gasteiger partial charge in [-0.2, -0.15) is 0 Å². The highest BCUT2D eigenvalue weighted by Crippen LogP contribution is 2.26. The van der Waals surface area contributed by atoms with E-state index >= 15 is 0 Å². The highest BCUT2D eigenvalue weighted by Gasteiger charge is 2.10. The molecule has 0 radical (unpaired) electrons. The van der Waals surface area contributed by atoms with E-state index in [1.165, 1.54) is 6.21 Å². The van der Waals surface area contributed by atoms with Crippen molar-refractivity contribution in [3.63, 3.8) is 0 Å². The summed E-state index contributed by atoms with van der Waals surface area (Å²) in [7, 11) is 0. The van der Waals surface area contributed by atoms with E-state index in [-0.39, 0.29) is 0 Å². The fourth-order valence-electron chi connectivity index (χ4n) is 2.30. The number of rotatable bonds is 4. The summed E-state index contributed by atoms with van der Waals surface area (Å²) in [4.78, 5) is 9.30. The molecule has 1 heterocycles. The molecule has 4 heteroatoms. The molecule has 0 saturated heterocycles. The summed E-state index contributed by atoms with van der Waals surface area (Å²) in [5.41, 5.74) is 3.46. The van der Waals surface area contributed by atoms with Gasteiger partial charge in [-0.3, -0.25) is 0 Å². The Morgan fingerprint density at radius 3 is 2.59 bits per heavy atom. The first kappa shape index (κ1) is 13.9. The van der Waals surface area contributed by atoms with Crippen molar-refractivity contribution < 1.29 is 0 Å². The van der Waals surface area contributed by atoms with Crippen LogP contribution in [0.4, 0.5) is 5.82 Å². The quantitative estimate of drug-likeness (QED) is 0.708. The number of hydrogen-bond acceptors (Lipinski definition) is 4. The maximum Gasteiger partial charge on any atom is 0.162 e. The van der Waals surface area contributed by atoms with Crippen LogP contribution in [0.1, 0.15) is 5.56 Å². The zero-order chi connectivity index (χ0) is 15.5. The number of aryl methyl sites for hydroxylation is 1. The molecular formula is C18H16N4. The smallest absolute Gasteiger partial charge is 0.162 e. The van der Waals surface area contributed by atoms with E-state index in [1.807, 2.05) is 55.5 Å². The monoisotopic (exact) mass is 288 g/mol. The molecule has 4 nitrogen and oxygen atoms in total. The summed E-state index contributed by atoms with van der Waals surface area (Å²) < 4.78 is 0. The molecule has 2 aromatic carbocycles. The predicted octanol–water partition coefficient (Wildman–Crippen LogP) is 4.18. The van der Waals surface area contributed by atoms with Gasteiger partial charge in [0.05, 0.1) is 11.2 Å². The van der Waals surface area contributed by atoms with Crippen molar-refractivity contribution in [3.05, 3.63) is 66.4 Å². The summed E-state index contributed by atoms with van der Waals surface area (Å²) in [5, 5.41) is 11.3. The molecule has 3 rings (SSSR count). The van der Waals surface area contributed by atoms with Gasteiger partial charge in [0, 0.05) is 17.2 Å². The zero-order valence-electron chi connectivity index (χ0n) is 12.3. The van der Waals surface area contributed by atoms with Gasteiger partial charge >= 0.3 is 0 Å². The first-order valence-electron chi connectivity index (χ1n) is 6.98. The number of aromatic nitrogens is 2.